The third-order valence-electron chi connectivity index (χ3n) is 7.69. The Balaban J connectivity index is 1.52. The van der Waals surface area contributed by atoms with Crippen LogP contribution >= 0.6 is 0 Å². The molecule has 1 aromatic heterocycles. The first-order valence-electron chi connectivity index (χ1n) is 12.3. The van der Waals surface area contributed by atoms with E-state index in [1.807, 2.05) is 0 Å². The van der Waals surface area contributed by atoms with Gasteiger partial charge in [0.25, 0.3) is 0 Å². The minimum Gasteiger partial charge on any atom is -0.343 e. The third kappa shape index (κ3) is 3.84. The van der Waals surface area contributed by atoms with Gasteiger partial charge in [-0.15, -0.1) is 0 Å². The van der Waals surface area contributed by atoms with E-state index in [0.29, 0.717) is 12.1 Å². The summed E-state index contributed by atoms with van der Waals surface area (Å²) < 4.78 is 2.20. The zero-order valence-corrected chi connectivity index (χ0v) is 18.9. The van der Waals surface area contributed by atoms with Crippen LogP contribution in [0.3, 0.4) is 0 Å². The van der Waals surface area contributed by atoms with Crippen LogP contribution < -0.4 is 4.90 Å². The van der Waals surface area contributed by atoms with Crippen molar-refractivity contribution in [2.24, 2.45) is 5.92 Å². The smallest absolute Gasteiger partial charge is 0.0568 e. The predicted octanol–water partition coefficient (Wildman–Crippen LogP) is 7.07. The van der Waals surface area contributed by atoms with Gasteiger partial charge in [0.1, 0.15) is 0 Å². The van der Waals surface area contributed by atoms with Gasteiger partial charge in [-0.3, -0.25) is 4.68 Å². The maximum absolute atomic E-state index is 4.71. The lowest BCUT2D eigenvalue weighted by Gasteiger charge is -2.39. The third-order valence-corrected chi connectivity index (χ3v) is 7.69. The Morgan fingerprint density at radius 1 is 1.10 bits per heavy atom. The summed E-state index contributed by atoms with van der Waals surface area (Å²) in [7, 11) is 0. The molecule has 5 rings (SSSR count). The van der Waals surface area contributed by atoms with Gasteiger partial charge in [-0.05, 0) is 81.0 Å². The average Bonchev–Trinajstić information content (AvgIpc) is 3.49. The number of allylic oxidation sites excluding steroid dienone is 1. The van der Waals surface area contributed by atoms with Crippen molar-refractivity contribution < 1.29 is 0 Å². The molecule has 3 aliphatic rings. The highest BCUT2D eigenvalue weighted by molar-refractivity contribution is 5.75. The fourth-order valence-electron chi connectivity index (χ4n) is 5.88. The summed E-state index contributed by atoms with van der Waals surface area (Å²) in [6.45, 7) is 8.79. The number of aromatic nitrogens is 2. The van der Waals surface area contributed by atoms with Crippen LogP contribution in [0.4, 0.5) is 5.69 Å². The Bertz CT molecular complexity index is 914. The van der Waals surface area contributed by atoms with Crippen molar-refractivity contribution >= 4 is 5.69 Å². The van der Waals surface area contributed by atoms with Crippen molar-refractivity contribution in [3.8, 4) is 11.1 Å². The molecule has 2 saturated carbocycles. The van der Waals surface area contributed by atoms with Gasteiger partial charge in [-0.2, -0.15) is 5.10 Å². The van der Waals surface area contributed by atoms with Gasteiger partial charge < -0.3 is 4.90 Å². The molecule has 1 aromatic carbocycles. The summed E-state index contributed by atoms with van der Waals surface area (Å²) in [5.41, 5.74) is 8.46. The van der Waals surface area contributed by atoms with Gasteiger partial charge in [-0.25, -0.2) is 0 Å². The molecule has 2 aromatic rings. The highest BCUT2D eigenvalue weighted by Gasteiger charge is 2.29. The fourth-order valence-corrected chi connectivity index (χ4v) is 5.88. The van der Waals surface area contributed by atoms with Gasteiger partial charge in [0.2, 0.25) is 0 Å². The van der Waals surface area contributed by atoms with E-state index in [1.165, 1.54) is 87.4 Å². The van der Waals surface area contributed by atoms with Gasteiger partial charge >= 0.3 is 0 Å². The SMILES string of the molecule is C=C(C)N1c2ccc(-c3cnn(C4CC4)c3)c(CCC3CCCCC3)c2CC[C@@H]1C. The predicted molar refractivity (Wildman–Crippen MR) is 126 cm³/mol. The molecule has 3 heteroatoms. The lowest BCUT2D eigenvalue weighted by molar-refractivity contribution is 0.339. The molecule has 2 aliphatic carbocycles. The van der Waals surface area contributed by atoms with E-state index in [9.17, 15) is 0 Å². The second kappa shape index (κ2) is 8.24. The summed E-state index contributed by atoms with van der Waals surface area (Å²) in [6, 6.07) is 5.90. The molecule has 30 heavy (non-hydrogen) atoms. The summed E-state index contributed by atoms with van der Waals surface area (Å²) in [4.78, 5) is 2.47. The Morgan fingerprint density at radius 3 is 2.63 bits per heavy atom. The van der Waals surface area contributed by atoms with Gasteiger partial charge in [0.05, 0.1) is 12.2 Å². The summed E-state index contributed by atoms with van der Waals surface area (Å²) in [5, 5.41) is 4.71. The van der Waals surface area contributed by atoms with E-state index in [0.717, 1.165) is 11.6 Å². The monoisotopic (exact) mass is 403 g/mol. The van der Waals surface area contributed by atoms with Gasteiger partial charge in [0, 0.05) is 29.2 Å². The average molecular weight is 404 g/mol. The van der Waals surface area contributed by atoms with E-state index >= 15 is 0 Å². The number of hydrogen-bond acceptors (Lipinski definition) is 2. The van der Waals surface area contributed by atoms with Crippen LogP contribution in [0.1, 0.15) is 88.8 Å². The molecule has 1 atom stereocenters. The molecule has 0 bridgehead atoms. The maximum Gasteiger partial charge on any atom is 0.0568 e. The van der Waals surface area contributed by atoms with Crippen molar-refractivity contribution in [3.05, 3.63) is 47.9 Å². The van der Waals surface area contributed by atoms with E-state index in [2.05, 4.69) is 54.5 Å². The van der Waals surface area contributed by atoms with Gasteiger partial charge in [-0.1, -0.05) is 44.7 Å². The van der Waals surface area contributed by atoms with Crippen molar-refractivity contribution in [1.82, 2.24) is 9.78 Å². The molecule has 0 saturated heterocycles. The van der Waals surface area contributed by atoms with Crippen molar-refractivity contribution in [2.75, 3.05) is 4.90 Å². The normalized spacial score (nSPS) is 22.2. The van der Waals surface area contributed by atoms with E-state index in [4.69, 9.17) is 5.10 Å². The molecule has 3 nitrogen and oxygen atoms in total. The first kappa shape index (κ1) is 19.9. The van der Waals surface area contributed by atoms with E-state index in [1.54, 1.807) is 11.1 Å². The molecule has 0 N–H and O–H groups in total. The summed E-state index contributed by atoms with van der Waals surface area (Å²) in [6.07, 6.45) is 19.1. The number of fused-ring (bicyclic) bond motifs is 1. The van der Waals surface area contributed by atoms with E-state index in [-0.39, 0.29) is 0 Å². The van der Waals surface area contributed by atoms with Crippen molar-refractivity contribution in [3.63, 3.8) is 0 Å². The van der Waals surface area contributed by atoms with Crippen LogP contribution in [-0.4, -0.2) is 15.8 Å². The van der Waals surface area contributed by atoms with Crippen LogP contribution in [0, 0.1) is 5.92 Å². The first-order valence-corrected chi connectivity index (χ1v) is 12.3. The Kier molecular flexibility index (Phi) is 5.47. The molecule has 1 aliphatic heterocycles. The molecular formula is C27H37N3. The molecule has 0 amide bonds. The topological polar surface area (TPSA) is 21.1 Å². The molecule has 0 radical (unpaired) electrons. The number of nitrogens with zero attached hydrogens (tertiary/aromatic N) is 3. The highest BCUT2D eigenvalue weighted by Crippen LogP contribution is 2.42. The number of anilines is 1. The molecular weight excluding hydrogens is 366 g/mol. The second-order valence-electron chi connectivity index (χ2n) is 10.1. The maximum atomic E-state index is 4.71. The Hall–Kier alpha value is -2.03. The van der Waals surface area contributed by atoms with E-state index < -0.39 is 0 Å². The number of hydrogen-bond donors (Lipinski definition) is 0. The molecule has 160 valence electrons. The minimum atomic E-state index is 0.532. The summed E-state index contributed by atoms with van der Waals surface area (Å²) >= 11 is 0. The quantitative estimate of drug-likeness (QED) is 0.514. The van der Waals surface area contributed by atoms with Crippen LogP contribution in [0.15, 0.2) is 36.8 Å². The Labute approximate surface area is 182 Å². The minimum absolute atomic E-state index is 0.532. The van der Waals surface area contributed by atoms with Crippen LogP contribution in [0.5, 0.6) is 0 Å². The largest absolute Gasteiger partial charge is 0.343 e. The summed E-state index contributed by atoms with van der Waals surface area (Å²) in [5.74, 6) is 0.913. The molecule has 2 heterocycles. The molecule has 2 fully saturated rings. The Morgan fingerprint density at radius 2 is 1.90 bits per heavy atom. The van der Waals surface area contributed by atoms with Crippen molar-refractivity contribution in [2.45, 2.75) is 96.6 Å². The van der Waals surface area contributed by atoms with Crippen LogP contribution in [0.25, 0.3) is 11.1 Å². The lowest BCUT2D eigenvalue weighted by atomic mass is 9.81. The second-order valence-corrected chi connectivity index (χ2v) is 10.1. The molecule has 0 spiro atoms. The first-order chi connectivity index (χ1) is 14.6. The van der Waals surface area contributed by atoms with Crippen LogP contribution in [-0.2, 0) is 12.8 Å². The van der Waals surface area contributed by atoms with Gasteiger partial charge in [0.15, 0.2) is 0 Å². The fraction of sp³-hybridized carbons (Fsp3) is 0.593. The highest BCUT2D eigenvalue weighted by atomic mass is 15.3. The zero-order valence-electron chi connectivity index (χ0n) is 18.9. The zero-order chi connectivity index (χ0) is 20.7. The molecule has 0 unspecified atom stereocenters. The standard InChI is InChI=1S/C27H37N3/c1-19(2)30-20(3)9-13-26-25(14-10-21-7-5-4-6-8-21)24(15-16-27(26)30)22-17-28-29(18-22)23-11-12-23/h15-18,20-21,23H,1,4-14H2,2-3H3/t20-/m0/s1. The lowest BCUT2D eigenvalue weighted by Crippen LogP contribution is -2.36. The van der Waals surface area contributed by atoms with Crippen LogP contribution in [0.2, 0.25) is 0 Å². The van der Waals surface area contributed by atoms with Crippen molar-refractivity contribution in [1.29, 1.82) is 0 Å². The number of rotatable bonds is 6. The number of benzene rings is 1.